The maximum atomic E-state index is 12.6. The van der Waals surface area contributed by atoms with E-state index in [0.717, 1.165) is 32.4 Å². The molecule has 3 unspecified atom stereocenters. The van der Waals surface area contributed by atoms with Crippen molar-refractivity contribution in [3.63, 3.8) is 0 Å². The standard InChI is InChI=1S/C15H28N2O/c1-12-11-13(7-8-14(12)16)15(18)17-9-5-3-2-4-6-10-17/h12-14H,2-11,16H2,1H3. The van der Waals surface area contributed by atoms with Gasteiger partial charge < -0.3 is 10.6 Å². The number of rotatable bonds is 1. The zero-order valence-corrected chi connectivity index (χ0v) is 11.7. The lowest BCUT2D eigenvalue weighted by atomic mass is 9.78. The number of hydrogen-bond donors (Lipinski definition) is 1. The Bertz CT molecular complexity index is 265. The van der Waals surface area contributed by atoms with E-state index in [0.29, 0.717) is 17.9 Å². The third kappa shape index (κ3) is 3.47. The van der Waals surface area contributed by atoms with Crippen LogP contribution in [-0.2, 0) is 4.79 Å². The number of carbonyl (C=O) groups is 1. The molecule has 1 aliphatic carbocycles. The van der Waals surface area contributed by atoms with Crippen molar-refractivity contribution in [1.29, 1.82) is 0 Å². The molecule has 1 saturated heterocycles. The fraction of sp³-hybridized carbons (Fsp3) is 0.933. The van der Waals surface area contributed by atoms with Gasteiger partial charge in [-0.25, -0.2) is 0 Å². The van der Waals surface area contributed by atoms with Crippen LogP contribution in [0, 0.1) is 11.8 Å². The van der Waals surface area contributed by atoms with Gasteiger partial charge in [0.2, 0.25) is 5.91 Å². The number of amides is 1. The summed E-state index contributed by atoms with van der Waals surface area (Å²) < 4.78 is 0. The van der Waals surface area contributed by atoms with E-state index in [1.165, 1.54) is 32.1 Å². The van der Waals surface area contributed by atoms with Gasteiger partial charge >= 0.3 is 0 Å². The van der Waals surface area contributed by atoms with Gasteiger partial charge in [0.25, 0.3) is 0 Å². The van der Waals surface area contributed by atoms with Crippen LogP contribution in [0.4, 0.5) is 0 Å². The SMILES string of the molecule is CC1CC(C(=O)N2CCCCCCC2)CCC1N. The second-order valence-electron chi connectivity index (χ2n) is 6.24. The maximum absolute atomic E-state index is 12.6. The molecule has 104 valence electrons. The zero-order chi connectivity index (χ0) is 13.0. The summed E-state index contributed by atoms with van der Waals surface area (Å²) in [6, 6.07) is 0.307. The molecule has 3 nitrogen and oxygen atoms in total. The van der Waals surface area contributed by atoms with Crippen molar-refractivity contribution in [3.05, 3.63) is 0 Å². The molecule has 1 heterocycles. The molecule has 3 heteroatoms. The van der Waals surface area contributed by atoms with E-state index < -0.39 is 0 Å². The Hall–Kier alpha value is -0.570. The van der Waals surface area contributed by atoms with Crippen molar-refractivity contribution < 1.29 is 4.79 Å². The number of likely N-dealkylation sites (tertiary alicyclic amines) is 1. The minimum absolute atomic E-state index is 0.249. The van der Waals surface area contributed by atoms with Crippen LogP contribution in [0.3, 0.4) is 0 Å². The molecule has 1 aliphatic heterocycles. The Kier molecular flexibility index (Phi) is 5.04. The highest BCUT2D eigenvalue weighted by molar-refractivity contribution is 5.79. The van der Waals surface area contributed by atoms with Gasteiger partial charge in [-0.1, -0.05) is 26.2 Å². The van der Waals surface area contributed by atoms with Gasteiger partial charge in [0.15, 0.2) is 0 Å². The number of nitrogens with zero attached hydrogens (tertiary/aromatic N) is 1. The topological polar surface area (TPSA) is 46.3 Å². The molecule has 1 amide bonds. The smallest absolute Gasteiger partial charge is 0.225 e. The van der Waals surface area contributed by atoms with Crippen molar-refractivity contribution in [1.82, 2.24) is 4.90 Å². The van der Waals surface area contributed by atoms with Crippen molar-refractivity contribution in [3.8, 4) is 0 Å². The lowest BCUT2D eigenvalue weighted by molar-refractivity contribution is -0.137. The molecule has 0 radical (unpaired) electrons. The van der Waals surface area contributed by atoms with E-state index >= 15 is 0 Å². The molecule has 3 atom stereocenters. The molecule has 0 aromatic heterocycles. The van der Waals surface area contributed by atoms with Crippen molar-refractivity contribution >= 4 is 5.91 Å². The van der Waals surface area contributed by atoms with Crippen LogP contribution < -0.4 is 5.73 Å². The Morgan fingerprint density at radius 3 is 2.28 bits per heavy atom. The van der Waals surface area contributed by atoms with Crippen molar-refractivity contribution in [2.45, 2.75) is 64.3 Å². The first kappa shape index (κ1) is 13.9. The van der Waals surface area contributed by atoms with Crippen LogP contribution >= 0.6 is 0 Å². The zero-order valence-electron chi connectivity index (χ0n) is 11.7. The normalized spacial score (nSPS) is 34.8. The predicted octanol–water partition coefficient (Wildman–Crippen LogP) is 2.54. The summed E-state index contributed by atoms with van der Waals surface area (Å²) >= 11 is 0. The first-order valence-corrected chi connectivity index (χ1v) is 7.73. The predicted molar refractivity (Wildman–Crippen MR) is 74.1 cm³/mol. The van der Waals surface area contributed by atoms with E-state index in [4.69, 9.17) is 5.73 Å². The molecule has 2 rings (SSSR count). The van der Waals surface area contributed by atoms with E-state index in [2.05, 4.69) is 11.8 Å². The highest BCUT2D eigenvalue weighted by Crippen LogP contribution is 2.29. The van der Waals surface area contributed by atoms with Crippen LogP contribution in [0.15, 0.2) is 0 Å². The molecule has 2 N–H and O–H groups in total. The number of carbonyl (C=O) groups excluding carboxylic acids is 1. The number of hydrogen-bond acceptors (Lipinski definition) is 2. The lowest BCUT2D eigenvalue weighted by Gasteiger charge is -2.35. The molecule has 2 aliphatic rings. The minimum atomic E-state index is 0.249. The Balaban J connectivity index is 1.88. The van der Waals surface area contributed by atoms with Gasteiger partial charge in [-0.15, -0.1) is 0 Å². The summed E-state index contributed by atoms with van der Waals surface area (Å²) in [5.41, 5.74) is 6.04. The minimum Gasteiger partial charge on any atom is -0.342 e. The molecule has 0 aromatic rings. The van der Waals surface area contributed by atoms with Crippen LogP contribution in [0.2, 0.25) is 0 Å². The van der Waals surface area contributed by atoms with Gasteiger partial charge in [-0.2, -0.15) is 0 Å². The fourth-order valence-corrected chi connectivity index (χ4v) is 3.37. The monoisotopic (exact) mass is 252 g/mol. The summed E-state index contributed by atoms with van der Waals surface area (Å²) in [4.78, 5) is 14.7. The molecular formula is C15H28N2O. The molecular weight excluding hydrogens is 224 g/mol. The first-order valence-electron chi connectivity index (χ1n) is 7.73. The maximum Gasteiger partial charge on any atom is 0.225 e. The molecule has 2 fully saturated rings. The molecule has 1 saturated carbocycles. The third-order valence-electron chi connectivity index (χ3n) is 4.75. The highest BCUT2D eigenvalue weighted by Gasteiger charge is 2.31. The van der Waals surface area contributed by atoms with Crippen molar-refractivity contribution in [2.24, 2.45) is 17.6 Å². The highest BCUT2D eigenvalue weighted by atomic mass is 16.2. The van der Waals surface area contributed by atoms with E-state index in [-0.39, 0.29) is 5.92 Å². The second kappa shape index (κ2) is 6.55. The molecule has 18 heavy (non-hydrogen) atoms. The van der Waals surface area contributed by atoms with Gasteiger partial charge in [0.1, 0.15) is 0 Å². The van der Waals surface area contributed by atoms with E-state index in [9.17, 15) is 4.79 Å². The average Bonchev–Trinajstić information content (AvgIpc) is 2.31. The molecule has 0 aromatic carbocycles. The summed E-state index contributed by atoms with van der Waals surface area (Å²) in [5.74, 6) is 1.16. The van der Waals surface area contributed by atoms with Crippen LogP contribution in [-0.4, -0.2) is 29.9 Å². The fourth-order valence-electron chi connectivity index (χ4n) is 3.37. The second-order valence-corrected chi connectivity index (χ2v) is 6.24. The Morgan fingerprint density at radius 2 is 1.67 bits per heavy atom. The lowest BCUT2D eigenvalue weighted by Crippen LogP contribution is -2.43. The largest absolute Gasteiger partial charge is 0.342 e. The Labute approximate surface area is 111 Å². The van der Waals surface area contributed by atoms with Crippen LogP contribution in [0.1, 0.15) is 58.3 Å². The van der Waals surface area contributed by atoms with Crippen molar-refractivity contribution in [2.75, 3.05) is 13.1 Å². The first-order chi connectivity index (χ1) is 8.68. The summed E-state index contributed by atoms with van der Waals surface area (Å²) in [6.45, 7) is 4.16. The summed E-state index contributed by atoms with van der Waals surface area (Å²) in [7, 11) is 0. The van der Waals surface area contributed by atoms with Gasteiger partial charge in [-0.05, 0) is 38.0 Å². The van der Waals surface area contributed by atoms with Gasteiger partial charge in [0.05, 0.1) is 0 Å². The van der Waals surface area contributed by atoms with Crippen LogP contribution in [0.5, 0.6) is 0 Å². The molecule has 0 spiro atoms. The summed E-state index contributed by atoms with van der Waals surface area (Å²) in [6.07, 6.45) is 9.31. The average molecular weight is 252 g/mol. The quantitative estimate of drug-likeness (QED) is 0.779. The van der Waals surface area contributed by atoms with E-state index in [1.54, 1.807) is 0 Å². The van der Waals surface area contributed by atoms with E-state index in [1.807, 2.05) is 0 Å². The summed E-state index contributed by atoms with van der Waals surface area (Å²) in [5, 5.41) is 0. The molecule has 0 bridgehead atoms. The number of nitrogens with two attached hydrogens (primary N) is 1. The third-order valence-corrected chi connectivity index (χ3v) is 4.75. The van der Waals surface area contributed by atoms with Gasteiger partial charge in [0, 0.05) is 25.0 Å². The van der Waals surface area contributed by atoms with Gasteiger partial charge in [-0.3, -0.25) is 4.79 Å². The van der Waals surface area contributed by atoms with Crippen LogP contribution in [0.25, 0.3) is 0 Å². The Morgan fingerprint density at radius 1 is 1.06 bits per heavy atom.